The van der Waals surface area contributed by atoms with Crippen LogP contribution in [0.4, 0.5) is 0 Å². The number of ether oxygens (including phenoxy) is 1. The Morgan fingerprint density at radius 2 is 2.16 bits per heavy atom. The highest BCUT2D eigenvalue weighted by molar-refractivity contribution is 5.03. The van der Waals surface area contributed by atoms with Crippen molar-refractivity contribution in [2.45, 2.75) is 64.3 Å². The second kappa shape index (κ2) is 6.08. The quantitative estimate of drug-likeness (QED) is 0.835. The van der Waals surface area contributed by atoms with Gasteiger partial charge in [-0.2, -0.15) is 0 Å². The van der Waals surface area contributed by atoms with E-state index in [9.17, 15) is 0 Å². The van der Waals surface area contributed by atoms with Crippen molar-refractivity contribution in [1.82, 2.24) is 9.80 Å². The van der Waals surface area contributed by atoms with Crippen molar-refractivity contribution in [3.8, 4) is 0 Å². The molecular weight excluding hydrogens is 238 g/mol. The summed E-state index contributed by atoms with van der Waals surface area (Å²) in [7, 11) is 0. The molecular formula is C15H31N3O. The first-order valence-electron chi connectivity index (χ1n) is 7.85. The molecule has 0 aromatic rings. The molecule has 0 aromatic carbocycles. The van der Waals surface area contributed by atoms with Crippen LogP contribution in [0.5, 0.6) is 0 Å². The topological polar surface area (TPSA) is 41.7 Å². The number of hydrogen-bond acceptors (Lipinski definition) is 4. The van der Waals surface area contributed by atoms with Gasteiger partial charge in [0.2, 0.25) is 0 Å². The minimum atomic E-state index is 0.170. The molecule has 4 nitrogen and oxygen atoms in total. The van der Waals surface area contributed by atoms with E-state index in [1.54, 1.807) is 0 Å². The molecule has 2 rings (SSSR count). The average molecular weight is 269 g/mol. The zero-order chi connectivity index (χ0) is 14.0. The molecule has 2 N–H and O–H groups in total. The van der Waals surface area contributed by atoms with E-state index in [0.29, 0.717) is 18.2 Å². The van der Waals surface area contributed by atoms with Gasteiger partial charge in [0.05, 0.1) is 12.7 Å². The van der Waals surface area contributed by atoms with Gasteiger partial charge in [0.15, 0.2) is 0 Å². The first kappa shape index (κ1) is 15.2. The maximum Gasteiger partial charge on any atom is 0.0675 e. The maximum absolute atomic E-state index is 6.22. The van der Waals surface area contributed by atoms with Crippen LogP contribution in [-0.2, 0) is 4.74 Å². The zero-order valence-corrected chi connectivity index (χ0v) is 13.1. The summed E-state index contributed by atoms with van der Waals surface area (Å²) in [6.45, 7) is 14.0. The van der Waals surface area contributed by atoms with Gasteiger partial charge < -0.3 is 10.5 Å². The fraction of sp³-hybridized carbons (Fsp3) is 1.00. The molecule has 2 aliphatic rings. The Labute approximate surface area is 118 Å². The van der Waals surface area contributed by atoms with Crippen LogP contribution in [0.3, 0.4) is 0 Å². The first-order valence-corrected chi connectivity index (χ1v) is 7.85. The van der Waals surface area contributed by atoms with E-state index in [2.05, 4.69) is 37.5 Å². The summed E-state index contributed by atoms with van der Waals surface area (Å²) in [6, 6.07) is 1.15. The van der Waals surface area contributed by atoms with E-state index in [1.807, 2.05) is 0 Å². The number of rotatable bonds is 4. The summed E-state index contributed by atoms with van der Waals surface area (Å²) < 4.78 is 5.84. The van der Waals surface area contributed by atoms with E-state index in [-0.39, 0.29) is 5.54 Å². The summed E-state index contributed by atoms with van der Waals surface area (Å²) >= 11 is 0. The molecule has 0 amide bonds. The largest absolute Gasteiger partial charge is 0.376 e. The molecule has 0 spiro atoms. The van der Waals surface area contributed by atoms with Crippen molar-refractivity contribution >= 4 is 0 Å². The molecule has 2 fully saturated rings. The van der Waals surface area contributed by atoms with Crippen molar-refractivity contribution in [1.29, 1.82) is 0 Å². The van der Waals surface area contributed by atoms with Crippen LogP contribution >= 0.6 is 0 Å². The monoisotopic (exact) mass is 269 g/mol. The summed E-state index contributed by atoms with van der Waals surface area (Å²) in [4.78, 5) is 5.24. The van der Waals surface area contributed by atoms with Crippen molar-refractivity contribution in [3.63, 3.8) is 0 Å². The second-order valence-corrected chi connectivity index (χ2v) is 6.60. The van der Waals surface area contributed by atoms with Gasteiger partial charge in [-0.3, -0.25) is 9.80 Å². The Morgan fingerprint density at radius 3 is 2.68 bits per heavy atom. The normalized spacial score (nSPS) is 38.2. The third-order valence-corrected chi connectivity index (χ3v) is 5.02. The van der Waals surface area contributed by atoms with Crippen LogP contribution in [0.1, 0.15) is 40.5 Å². The Kier molecular flexibility index (Phi) is 4.88. The third kappa shape index (κ3) is 2.97. The first-order chi connectivity index (χ1) is 9.02. The summed E-state index contributed by atoms with van der Waals surface area (Å²) in [5, 5.41) is 0. The molecule has 0 saturated carbocycles. The molecule has 112 valence electrons. The number of morpholine rings is 1. The fourth-order valence-corrected chi connectivity index (χ4v) is 3.61. The predicted molar refractivity (Wildman–Crippen MR) is 79.3 cm³/mol. The molecule has 4 heteroatoms. The lowest BCUT2D eigenvalue weighted by Crippen LogP contribution is -2.64. The van der Waals surface area contributed by atoms with Crippen molar-refractivity contribution in [2.24, 2.45) is 5.73 Å². The van der Waals surface area contributed by atoms with Crippen LogP contribution in [-0.4, -0.2) is 66.3 Å². The Balaban J connectivity index is 2.15. The molecule has 3 unspecified atom stereocenters. The van der Waals surface area contributed by atoms with E-state index in [1.165, 1.54) is 13.0 Å². The van der Waals surface area contributed by atoms with Gasteiger partial charge in [0.25, 0.3) is 0 Å². The number of nitrogens with two attached hydrogens (primary N) is 1. The molecule has 2 heterocycles. The smallest absolute Gasteiger partial charge is 0.0675 e. The zero-order valence-electron chi connectivity index (χ0n) is 13.1. The third-order valence-electron chi connectivity index (χ3n) is 5.02. The van der Waals surface area contributed by atoms with Crippen LogP contribution < -0.4 is 5.73 Å². The minimum absolute atomic E-state index is 0.170. The maximum atomic E-state index is 6.22. The van der Waals surface area contributed by atoms with Crippen molar-refractivity contribution in [2.75, 3.05) is 32.8 Å². The SMILES string of the molecule is CCC1COC(C)CN1C1(CN)CCN(C(C)C)C1. The summed E-state index contributed by atoms with van der Waals surface area (Å²) in [6.07, 6.45) is 2.68. The summed E-state index contributed by atoms with van der Waals surface area (Å²) in [5.74, 6) is 0. The van der Waals surface area contributed by atoms with Gasteiger partial charge in [-0.1, -0.05) is 6.92 Å². The molecule has 0 aliphatic carbocycles. The molecule has 0 radical (unpaired) electrons. The number of hydrogen-bond donors (Lipinski definition) is 1. The Bertz CT molecular complexity index is 297. The molecule has 0 bridgehead atoms. The lowest BCUT2D eigenvalue weighted by Gasteiger charge is -2.49. The van der Waals surface area contributed by atoms with E-state index >= 15 is 0 Å². The van der Waals surface area contributed by atoms with Gasteiger partial charge in [0, 0.05) is 43.8 Å². The molecule has 2 saturated heterocycles. The lowest BCUT2D eigenvalue weighted by molar-refractivity contribution is -0.0965. The van der Waals surface area contributed by atoms with Crippen LogP contribution in [0.2, 0.25) is 0 Å². The minimum Gasteiger partial charge on any atom is -0.376 e. The Morgan fingerprint density at radius 1 is 1.42 bits per heavy atom. The fourth-order valence-electron chi connectivity index (χ4n) is 3.61. The van der Waals surface area contributed by atoms with Gasteiger partial charge in [0.1, 0.15) is 0 Å². The van der Waals surface area contributed by atoms with Gasteiger partial charge in [-0.25, -0.2) is 0 Å². The highest BCUT2D eigenvalue weighted by Crippen LogP contribution is 2.33. The van der Waals surface area contributed by atoms with E-state index in [0.717, 1.165) is 32.7 Å². The summed E-state index contributed by atoms with van der Waals surface area (Å²) in [5.41, 5.74) is 6.38. The highest BCUT2D eigenvalue weighted by atomic mass is 16.5. The van der Waals surface area contributed by atoms with Crippen molar-refractivity contribution < 1.29 is 4.74 Å². The van der Waals surface area contributed by atoms with Crippen LogP contribution in [0.25, 0.3) is 0 Å². The van der Waals surface area contributed by atoms with E-state index in [4.69, 9.17) is 10.5 Å². The van der Waals surface area contributed by atoms with Gasteiger partial charge >= 0.3 is 0 Å². The van der Waals surface area contributed by atoms with Gasteiger partial charge in [-0.15, -0.1) is 0 Å². The standard InChI is InChI=1S/C15H31N3O/c1-5-14-9-19-13(4)8-18(14)15(10-16)6-7-17(11-15)12(2)3/h12-14H,5-11,16H2,1-4H3. The lowest BCUT2D eigenvalue weighted by atomic mass is 9.92. The molecule has 0 aromatic heterocycles. The van der Waals surface area contributed by atoms with Gasteiger partial charge in [-0.05, 0) is 33.6 Å². The Hall–Kier alpha value is -0.160. The highest BCUT2D eigenvalue weighted by Gasteiger charge is 2.46. The van der Waals surface area contributed by atoms with Crippen LogP contribution in [0, 0.1) is 0 Å². The number of nitrogens with zero attached hydrogens (tertiary/aromatic N) is 2. The average Bonchev–Trinajstić information content (AvgIpc) is 2.84. The van der Waals surface area contributed by atoms with E-state index < -0.39 is 0 Å². The molecule has 19 heavy (non-hydrogen) atoms. The van der Waals surface area contributed by atoms with Crippen molar-refractivity contribution in [3.05, 3.63) is 0 Å². The predicted octanol–water partition coefficient (Wildman–Crippen LogP) is 1.30. The number of likely N-dealkylation sites (tertiary alicyclic amines) is 1. The molecule has 3 atom stereocenters. The van der Waals surface area contributed by atoms with Crippen LogP contribution in [0.15, 0.2) is 0 Å². The second-order valence-electron chi connectivity index (χ2n) is 6.60. The molecule has 2 aliphatic heterocycles.